The number of fused-ring (bicyclic) bond motifs is 1. The smallest absolute Gasteiger partial charge is 0.406 e. The van der Waals surface area contributed by atoms with Crippen LogP contribution in [0.5, 0.6) is 0 Å². The molecule has 1 aliphatic rings. The van der Waals surface area contributed by atoms with Gasteiger partial charge in [-0.25, -0.2) is 14.8 Å². The highest BCUT2D eigenvalue weighted by atomic mass is 35.5. The highest BCUT2D eigenvalue weighted by Gasteiger charge is 2.29. The molecule has 138 valence electrons. The number of carboxylic acid groups (broad SMARTS) is 1. The van der Waals surface area contributed by atoms with E-state index in [-0.39, 0.29) is 6.17 Å². The summed E-state index contributed by atoms with van der Waals surface area (Å²) in [7, 11) is 0. The second kappa shape index (κ2) is 7.21. The molecule has 27 heavy (non-hydrogen) atoms. The molecule has 1 aromatic heterocycles. The SMILES string of the molecule is O=C(O)NC1CCCN1c1ncnc2cccc(-c3ccc(Cl)c(Cl)c3)c12. The average molecular weight is 403 g/mol. The lowest BCUT2D eigenvalue weighted by molar-refractivity contribution is 0.190. The number of hydrogen-bond donors (Lipinski definition) is 2. The average Bonchev–Trinajstić information content (AvgIpc) is 3.10. The van der Waals surface area contributed by atoms with Gasteiger partial charge in [0.2, 0.25) is 0 Å². The topological polar surface area (TPSA) is 78.4 Å². The first kappa shape index (κ1) is 17.8. The van der Waals surface area contributed by atoms with Crippen molar-refractivity contribution in [3.63, 3.8) is 0 Å². The van der Waals surface area contributed by atoms with Gasteiger partial charge in [-0.2, -0.15) is 0 Å². The fourth-order valence-electron chi connectivity index (χ4n) is 3.53. The van der Waals surface area contributed by atoms with Crippen LogP contribution in [0.3, 0.4) is 0 Å². The third-order valence-electron chi connectivity index (χ3n) is 4.69. The minimum Gasteiger partial charge on any atom is -0.465 e. The number of halogens is 2. The second-order valence-corrected chi connectivity index (χ2v) is 7.14. The molecule has 2 N–H and O–H groups in total. The van der Waals surface area contributed by atoms with Crippen LogP contribution in [-0.4, -0.2) is 33.9 Å². The Hall–Kier alpha value is -2.57. The van der Waals surface area contributed by atoms with E-state index in [2.05, 4.69) is 15.3 Å². The lowest BCUT2D eigenvalue weighted by Gasteiger charge is -2.27. The van der Waals surface area contributed by atoms with Gasteiger partial charge < -0.3 is 15.3 Å². The number of hydrogen-bond acceptors (Lipinski definition) is 4. The van der Waals surface area contributed by atoms with Crippen molar-refractivity contribution in [2.75, 3.05) is 11.4 Å². The van der Waals surface area contributed by atoms with E-state index in [4.69, 9.17) is 28.3 Å². The maximum atomic E-state index is 11.2. The Morgan fingerprint density at radius 2 is 2.04 bits per heavy atom. The van der Waals surface area contributed by atoms with Gasteiger partial charge in [0, 0.05) is 6.54 Å². The predicted molar refractivity (Wildman–Crippen MR) is 107 cm³/mol. The molecule has 6 nitrogen and oxygen atoms in total. The highest BCUT2D eigenvalue weighted by Crippen LogP contribution is 2.37. The van der Waals surface area contributed by atoms with Gasteiger partial charge in [0.15, 0.2) is 0 Å². The summed E-state index contributed by atoms with van der Waals surface area (Å²) in [6.07, 6.45) is 1.75. The number of benzene rings is 2. The van der Waals surface area contributed by atoms with Crippen LogP contribution >= 0.6 is 23.2 Å². The summed E-state index contributed by atoms with van der Waals surface area (Å²) in [5, 5.41) is 13.5. The summed E-state index contributed by atoms with van der Waals surface area (Å²) in [5.74, 6) is 0.706. The number of nitrogens with zero attached hydrogens (tertiary/aromatic N) is 3. The van der Waals surface area contributed by atoms with Crippen molar-refractivity contribution in [1.29, 1.82) is 0 Å². The molecule has 1 unspecified atom stereocenters. The van der Waals surface area contributed by atoms with Crippen LogP contribution in [0.15, 0.2) is 42.7 Å². The van der Waals surface area contributed by atoms with Crippen LogP contribution in [0.25, 0.3) is 22.0 Å². The highest BCUT2D eigenvalue weighted by molar-refractivity contribution is 6.42. The van der Waals surface area contributed by atoms with E-state index in [1.807, 2.05) is 35.2 Å². The zero-order valence-electron chi connectivity index (χ0n) is 14.2. The quantitative estimate of drug-likeness (QED) is 0.657. The molecule has 2 aromatic carbocycles. The summed E-state index contributed by atoms with van der Waals surface area (Å²) in [6, 6.07) is 11.3. The van der Waals surface area contributed by atoms with Crippen molar-refractivity contribution in [3.05, 3.63) is 52.8 Å². The van der Waals surface area contributed by atoms with Gasteiger partial charge in [-0.15, -0.1) is 0 Å². The fraction of sp³-hybridized carbons (Fsp3) is 0.211. The van der Waals surface area contributed by atoms with E-state index in [0.717, 1.165) is 34.9 Å². The maximum Gasteiger partial charge on any atom is 0.406 e. The molecule has 1 fully saturated rings. The molecule has 1 saturated heterocycles. The molecule has 1 amide bonds. The Bertz CT molecular complexity index is 1020. The van der Waals surface area contributed by atoms with Gasteiger partial charge in [-0.05, 0) is 42.2 Å². The normalized spacial score (nSPS) is 16.7. The van der Waals surface area contributed by atoms with E-state index >= 15 is 0 Å². The van der Waals surface area contributed by atoms with E-state index in [1.54, 1.807) is 6.07 Å². The first-order chi connectivity index (χ1) is 13.0. The predicted octanol–water partition coefficient (Wildman–Crippen LogP) is 4.80. The van der Waals surface area contributed by atoms with Crippen molar-refractivity contribution in [3.8, 4) is 11.1 Å². The van der Waals surface area contributed by atoms with Crippen LogP contribution in [0.2, 0.25) is 10.0 Å². The van der Waals surface area contributed by atoms with Crippen LogP contribution in [-0.2, 0) is 0 Å². The number of nitrogens with one attached hydrogen (secondary N) is 1. The fourth-order valence-corrected chi connectivity index (χ4v) is 3.83. The Morgan fingerprint density at radius 3 is 2.81 bits per heavy atom. The van der Waals surface area contributed by atoms with Gasteiger partial charge in [-0.3, -0.25) is 0 Å². The van der Waals surface area contributed by atoms with E-state index in [9.17, 15) is 4.79 Å². The van der Waals surface area contributed by atoms with Crippen molar-refractivity contribution in [1.82, 2.24) is 15.3 Å². The number of amides is 1. The van der Waals surface area contributed by atoms with Crippen molar-refractivity contribution in [2.45, 2.75) is 19.0 Å². The summed E-state index contributed by atoms with van der Waals surface area (Å²) in [5.41, 5.74) is 2.60. The summed E-state index contributed by atoms with van der Waals surface area (Å²) >= 11 is 12.3. The molecular weight excluding hydrogens is 387 g/mol. The monoisotopic (exact) mass is 402 g/mol. The van der Waals surface area contributed by atoms with E-state index in [1.165, 1.54) is 6.33 Å². The van der Waals surface area contributed by atoms with Gasteiger partial charge in [0.05, 0.1) is 20.9 Å². The first-order valence-electron chi connectivity index (χ1n) is 8.50. The number of aromatic nitrogens is 2. The van der Waals surface area contributed by atoms with Gasteiger partial charge >= 0.3 is 6.09 Å². The maximum absolute atomic E-state index is 11.2. The Labute approximate surface area is 165 Å². The molecule has 3 aromatic rings. The first-order valence-corrected chi connectivity index (χ1v) is 9.25. The summed E-state index contributed by atoms with van der Waals surface area (Å²) in [6.45, 7) is 0.715. The summed E-state index contributed by atoms with van der Waals surface area (Å²) < 4.78 is 0. The molecule has 0 saturated carbocycles. The zero-order valence-corrected chi connectivity index (χ0v) is 15.7. The number of anilines is 1. The largest absolute Gasteiger partial charge is 0.465 e. The lowest BCUT2D eigenvalue weighted by atomic mass is 10.0. The van der Waals surface area contributed by atoms with Crippen LogP contribution in [0.4, 0.5) is 10.6 Å². The molecule has 0 spiro atoms. The molecule has 4 rings (SSSR count). The Kier molecular flexibility index (Phi) is 4.76. The zero-order chi connectivity index (χ0) is 19.0. The molecule has 8 heteroatoms. The van der Waals surface area contributed by atoms with Crippen LogP contribution < -0.4 is 10.2 Å². The number of rotatable bonds is 3. The van der Waals surface area contributed by atoms with Crippen molar-refractivity contribution >= 4 is 46.0 Å². The lowest BCUT2D eigenvalue weighted by Crippen LogP contribution is -2.44. The molecular formula is C19H16Cl2N4O2. The minimum absolute atomic E-state index is 0.317. The number of carbonyl (C=O) groups is 1. The van der Waals surface area contributed by atoms with Crippen molar-refractivity contribution < 1.29 is 9.90 Å². The summed E-state index contributed by atoms with van der Waals surface area (Å²) in [4.78, 5) is 22.0. The van der Waals surface area contributed by atoms with E-state index in [0.29, 0.717) is 22.4 Å². The van der Waals surface area contributed by atoms with E-state index < -0.39 is 6.09 Å². The van der Waals surface area contributed by atoms with Crippen molar-refractivity contribution in [2.24, 2.45) is 0 Å². The minimum atomic E-state index is -1.05. The molecule has 0 aliphatic carbocycles. The van der Waals surface area contributed by atoms with Crippen LogP contribution in [0, 0.1) is 0 Å². The molecule has 1 aliphatic heterocycles. The third kappa shape index (κ3) is 3.38. The second-order valence-electron chi connectivity index (χ2n) is 6.33. The molecule has 0 radical (unpaired) electrons. The standard InChI is InChI=1S/C19H16Cl2N4O2/c20-13-7-6-11(9-14(13)21)12-3-1-4-15-17(12)18(23-10-22-15)25-8-2-5-16(25)24-19(26)27/h1,3-4,6-7,9-10,16,24H,2,5,8H2,(H,26,27). The Morgan fingerprint density at radius 1 is 1.19 bits per heavy atom. The Balaban J connectivity index is 1.89. The van der Waals surface area contributed by atoms with Crippen LogP contribution in [0.1, 0.15) is 12.8 Å². The van der Waals surface area contributed by atoms with Gasteiger partial charge in [0.25, 0.3) is 0 Å². The molecule has 0 bridgehead atoms. The van der Waals surface area contributed by atoms with Gasteiger partial charge in [0.1, 0.15) is 18.3 Å². The van der Waals surface area contributed by atoms with Gasteiger partial charge in [-0.1, -0.05) is 41.4 Å². The molecule has 1 atom stereocenters. The third-order valence-corrected chi connectivity index (χ3v) is 5.43. The molecule has 2 heterocycles.